The fraction of sp³-hybridized carbons (Fsp3) is 0.800. The van der Waals surface area contributed by atoms with Crippen LogP contribution in [0.4, 0.5) is 5.13 Å². The molecule has 21 heavy (non-hydrogen) atoms. The van der Waals surface area contributed by atoms with Crippen LogP contribution < -0.4 is 4.90 Å². The van der Waals surface area contributed by atoms with E-state index in [2.05, 4.69) is 35.0 Å². The Morgan fingerprint density at radius 3 is 2.81 bits per heavy atom. The molecule has 1 aliphatic heterocycles. The molecule has 1 saturated heterocycles. The van der Waals surface area contributed by atoms with Gasteiger partial charge in [0.05, 0.1) is 0 Å². The van der Waals surface area contributed by atoms with E-state index in [9.17, 15) is 4.79 Å². The lowest BCUT2D eigenvalue weighted by Gasteiger charge is -2.35. The van der Waals surface area contributed by atoms with Crippen LogP contribution in [0.1, 0.15) is 52.8 Å². The molecule has 0 amide bonds. The SMILES string of the molecule is CC(CC(=O)O)C1CCCN(c2nc(C(C)(C)C)ns2)C1. The number of carboxylic acid groups (broad SMARTS) is 1. The molecule has 1 N–H and O–H groups in total. The van der Waals surface area contributed by atoms with Crippen molar-refractivity contribution < 1.29 is 9.90 Å². The number of rotatable bonds is 4. The molecule has 2 rings (SSSR count). The molecule has 0 spiro atoms. The van der Waals surface area contributed by atoms with Crippen LogP contribution in [0, 0.1) is 11.8 Å². The van der Waals surface area contributed by atoms with Crippen LogP contribution in [-0.4, -0.2) is 33.5 Å². The predicted octanol–water partition coefficient (Wildman–Crippen LogP) is 3.16. The Balaban J connectivity index is 2.04. The molecular weight excluding hydrogens is 286 g/mol. The van der Waals surface area contributed by atoms with Crippen molar-refractivity contribution in [3.05, 3.63) is 5.82 Å². The van der Waals surface area contributed by atoms with Crippen LogP contribution in [0.2, 0.25) is 0 Å². The first kappa shape index (κ1) is 16.2. The largest absolute Gasteiger partial charge is 0.481 e. The minimum absolute atomic E-state index is 0.0272. The molecule has 0 saturated carbocycles. The maximum atomic E-state index is 10.9. The molecule has 1 fully saturated rings. The van der Waals surface area contributed by atoms with Gasteiger partial charge >= 0.3 is 5.97 Å². The number of nitrogens with zero attached hydrogens (tertiary/aromatic N) is 3. The van der Waals surface area contributed by atoms with Gasteiger partial charge in [0.15, 0.2) is 0 Å². The monoisotopic (exact) mass is 311 g/mol. The molecule has 5 nitrogen and oxygen atoms in total. The Morgan fingerprint density at radius 2 is 2.24 bits per heavy atom. The summed E-state index contributed by atoms with van der Waals surface area (Å²) in [5.41, 5.74) is -0.0272. The van der Waals surface area contributed by atoms with E-state index in [-0.39, 0.29) is 17.8 Å². The molecule has 118 valence electrons. The molecule has 0 bridgehead atoms. The summed E-state index contributed by atoms with van der Waals surface area (Å²) in [4.78, 5) is 17.8. The fourth-order valence-electron chi connectivity index (χ4n) is 2.74. The van der Waals surface area contributed by atoms with Crippen molar-refractivity contribution in [2.45, 2.75) is 52.4 Å². The van der Waals surface area contributed by atoms with Crippen molar-refractivity contribution in [2.75, 3.05) is 18.0 Å². The minimum Gasteiger partial charge on any atom is -0.481 e. The van der Waals surface area contributed by atoms with E-state index in [1.807, 2.05) is 6.92 Å². The average Bonchev–Trinajstić information content (AvgIpc) is 2.87. The van der Waals surface area contributed by atoms with Crippen LogP contribution in [0.15, 0.2) is 0 Å². The number of piperidine rings is 1. The number of aromatic nitrogens is 2. The molecule has 2 heterocycles. The lowest BCUT2D eigenvalue weighted by atomic mass is 9.85. The second-order valence-corrected chi connectivity index (χ2v) is 7.80. The van der Waals surface area contributed by atoms with Gasteiger partial charge in [-0.2, -0.15) is 4.37 Å². The fourth-order valence-corrected chi connectivity index (χ4v) is 3.63. The smallest absolute Gasteiger partial charge is 0.303 e. The molecule has 1 aromatic rings. The highest BCUT2D eigenvalue weighted by atomic mass is 32.1. The van der Waals surface area contributed by atoms with E-state index in [1.165, 1.54) is 11.5 Å². The standard InChI is InChI=1S/C15H25N3O2S/c1-10(8-12(19)20)11-6-5-7-18(9-11)14-16-13(17-21-14)15(2,3)4/h10-11H,5-9H2,1-4H3,(H,19,20). The normalized spacial score (nSPS) is 21.3. The Hall–Kier alpha value is -1.17. The summed E-state index contributed by atoms with van der Waals surface area (Å²) >= 11 is 1.46. The molecule has 0 aliphatic carbocycles. The second-order valence-electron chi connectivity index (χ2n) is 7.07. The molecule has 2 atom stereocenters. The zero-order chi connectivity index (χ0) is 15.6. The summed E-state index contributed by atoms with van der Waals surface area (Å²) in [6, 6.07) is 0. The van der Waals surface area contributed by atoms with Gasteiger partial charge < -0.3 is 10.0 Å². The average molecular weight is 311 g/mol. The highest BCUT2D eigenvalue weighted by Gasteiger charge is 2.28. The minimum atomic E-state index is -0.703. The number of carbonyl (C=O) groups is 1. The van der Waals surface area contributed by atoms with Gasteiger partial charge in [-0.3, -0.25) is 4.79 Å². The molecule has 1 aliphatic rings. The first-order chi connectivity index (χ1) is 9.77. The Kier molecular flexibility index (Phi) is 4.86. The van der Waals surface area contributed by atoms with Crippen molar-refractivity contribution in [1.82, 2.24) is 9.36 Å². The highest BCUT2D eigenvalue weighted by Crippen LogP contribution is 2.31. The topological polar surface area (TPSA) is 66.3 Å². The van der Waals surface area contributed by atoms with Gasteiger partial charge in [-0.1, -0.05) is 27.7 Å². The first-order valence-corrected chi connectivity index (χ1v) is 8.35. The van der Waals surface area contributed by atoms with Gasteiger partial charge in [0.2, 0.25) is 5.13 Å². The second kappa shape index (κ2) is 6.30. The van der Waals surface area contributed by atoms with Crippen LogP contribution >= 0.6 is 11.5 Å². The van der Waals surface area contributed by atoms with Crippen LogP contribution in [-0.2, 0) is 10.2 Å². The summed E-state index contributed by atoms with van der Waals surface area (Å²) < 4.78 is 4.48. The Morgan fingerprint density at radius 1 is 1.52 bits per heavy atom. The molecular formula is C15H25N3O2S. The van der Waals surface area contributed by atoms with E-state index in [4.69, 9.17) is 5.11 Å². The quantitative estimate of drug-likeness (QED) is 0.925. The summed E-state index contributed by atoms with van der Waals surface area (Å²) in [5.74, 6) is 0.825. The van der Waals surface area contributed by atoms with Crippen molar-refractivity contribution in [1.29, 1.82) is 0 Å². The maximum absolute atomic E-state index is 10.9. The van der Waals surface area contributed by atoms with Crippen LogP contribution in [0.5, 0.6) is 0 Å². The lowest BCUT2D eigenvalue weighted by Crippen LogP contribution is -2.38. The van der Waals surface area contributed by atoms with E-state index >= 15 is 0 Å². The number of hydrogen-bond acceptors (Lipinski definition) is 5. The maximum Gasteiger partial charge on any atom is 0.303 e. The summed E-state index contributed by atoms with van der Waals surface area (Å²) in [7, 11) is 0. The van der Waals surface area contributed by atoms with Crippen molar-refractivity contribution in [3.8, 4) is 0 Å². The molecule has 0 aromatic carbocycles. The van der Waals surface area contributed by atoms with E-state index in [1.54, 1.807) is 0 Å². The summed E-state index contributed by atoms with van der Waals surface area (Å²) in [5, 5.41) is 9.94. The van der Waals surface area contributed by atoms with Gasteiger partial charge in [-0.15, -0.1) is 0 Å². The van der Waals surface area contributed by atoms with Crippen molar-refractivity contribution in [2.24, 2.45) is 11.8 Å². The van der Waals surface area contributed by atoms with Crippen LogP contribution in [0.3, 0.4) is 0 Å². The number of hydrogen-bond donors (Lipinski definition) is 1. The van der Waals surface area contributed by atoms with Gasteiger partial charge in [-0.05, 0) is 24.7 Å². The molecule has 2 unspecified atom stereocenters. The lowest BCUT2D eigenvalue weighted by molar-refractivity contribution is -0.138. The zero-order valence-corrected chi connectivity index (χ0v) is 14.1. The predicted molar refractivity (Wildman–Crippen MR) is 85.0 cm³/mol. The Labute approximate surface area is 130 Å². The van der Waals surface area contributed by atoms with Gasteiger partial charge in [-0.25, -0.2) is 4.98 Å². The summed E-state index contributed by atoms with van der Waals surface area (Å²) in [6.07, 6.45) is 2.46. The van der Waals surface area contributed by atoms with Crippen molar-refractivity contribution in [3.63, 3.8) is 0 Å². The highest BCUT2D eigenvalue weighted by molar-refractivity contribution is 7.09. The third-order valence-electron chi connectivity index (χ3n) is 4.12. The van der Waals surface area contributed by atoms with E-state index in [0.29, 0.717) is 5.92 Å². The Bertz CT molecular complexity index is 495. The van der Waals surface area contributed by atoms with Crippen LogP contribution in [0.25, 0.3) is 0 Å². The van der Waals surface area contributed by atoms with Gasteiger partial charge in [0, 0.05) is 36.5 Å². The molecule has 1 aromatic heterocycles. The summed E-state index contributed by atoms with van der Waals surface area (Å²) in [6.45, 7) is 10.3. The van der Waals surface area contributed by atoms with E-state index < -0.39 is 5.97 Å². The van der Waals surface area contributed by atoms with Crippen molar-refractivity contribution >= 4 is 22.6 Å². The number of aliphatic carboxylic acids is 1. The number of anilines is 1. The molecule has 0 radical (unpaired) electrons. The third kappa shape index (κ3) is 4.15. The third-order valence-corrected chi connectivity index (χ3v) is 4.89. The van der Waals surface area contributed by atoms with Gasteiger partial charge in [0.25, 0.3) is 0 Å². The zero-order valence-electron chi connectivity index (χ0n) is 13.3. The van der Waals surface area contributed by atoms with Gasteiger partial charge in [0.1, 0.15) is 5.82 Å². The van der Waals surface area contributed by atoms with E-state index in [0.717, 1.165) is 36.9 Å². The molecule has 6 heteroatoms. The first-order valence-electron chi connectivity index (χ1n) is 7.58. The number of carboxylic acids is 1.